The number of rotatable bonds is 4. The molecule has 2 heterocycles. The lowest BCUT2D eigenvalue weighted by molar-refractivity contribution is 1.19. The van der Waals surface area contributed by atoms with Crippen LogP contribution in [-0.4, -0.2) is 9.97 Å². The van der Waals surface area contributed by atoms with Crippen molar-refractivity contribution in [2.24, 2.45) is 0 Å². The van der Waals surface area contributed by atoms with Crippen LogP contribution in [0.15, 0.2) is 194 Å². The Morgan fingerprint density at radius 1 is 0.305 bits per heavy atom. The van der Waals surface area contributed by atoms with Gasteiger partial charge in [0.05, 0.1) is 16.3 Å². The second-order valence-electron chi connectivity index (χ2n) is 15.6. The van der Waals surface area contributed by atoms with Crippen molar-refractivity contribution in [1.82, 2.24) is 9.97 Å². The molecule has 0 atom stereocenters. The fourth-order valence-electron chi connectivity index (χ4n) is 9.75. The van der Waals surface area contributed by atoms with E-state index >= 15 is 0 Å². The molecular formula is C56H32N2S. The van der Waals surface area contributed by atoms with Gasteiger partial charge in [-0.05, 0) is 122 Å². The minimum Gasteiger partial charge on any atom is -0.228 e. The van der Waals surface area contributed by atoms with Crippen molar-refractivity contribution < 1.29 is 0 Å². The summed E-state index contributed by atoms with van der Waals surface area (Å²) < 4.78 is 1.25. The van der Waals surface area contributed by atoms with E-state index in [2.05, 4.69) is 188 Å². The molecule has 0 saturated carbocycles. The Morgan fingerprint density at radius 2 is 0.831 bits per heavy atom. The van der Waals surface area contributed by atoms with E-state index in [1.807, 2.05) is 6.07 Å². The summed E-state index contributed by atoms with van der Waals surface area (Å²) in [6.45, 7) is 0. The Kier molecular flexibility index (Phi) is 6.92. The average Bonchev–Trinajstić information content (AvgIpc) is 3.75. The lowest BCUT2D eigenvalue weighted by Gasteiger charge is -2.18. The predicted molar refractivity (Wildman–Crippen MR) is 253 cm³/mol. The normalized spacial score (nSPS) is 12.1. The maximum atomic E-state index is 5.28. The van der Waals surface area contributed by atoms with Crippen LogP contribution in [0.25, 0.3) is 130 Å². The van der Waals surface area contributed by atoms with E-state index in [1.54, 1.807) is 11.3 Å². The zero-order valence-electron chi connectivity index (χ0n) is 31.8. The maximum Gasteiger partial charge on any atom is 0.160 e. The van der Waals surface area contributed by atoms with Gasteiger partial charge in [0.15, 0.2) is 5.82 Å². The van der Waals surface area contributed by atoms with Gasteiger partial charge in [0.25, 0.3) is 0 Å². The molecule has 272 valence electrons. The zero-order valence-corrected chi connectivity index (χ0v) is 32.6. The standard InChI is InChI=1S/C56H32N2S/c1-2-11-36(12-3-1)56-57-48(32-49(58-56)51-31-37-13-4-7-22-50(37)59-51)43-28-27-40(41-17-5-6-18-42(41)43)39-29-38-26-25-35-15-9-20-45-44-19-8-14-33-23-24-34-16-10-21-46(54(34)52(33)44)47(30-39)55(38)53(35)45/h1-32H. The molecule has 3 heteroatoms. The average molecular weight is 765 g/mol. The molecule has 11 aromatic carbocycles. The van der Waals surface area contributed by atoms with Crippen LogP contribution in [0, 0.1) is 0 Å². The fraction of sp³-hybridized carbons (Fsp3) is 0. The van der Waals surface area contributed by atoms with Crippen molar-refractivity contribution in [1.29, 1.82) is 0 Å². The summed E-state index contributed by atoms with van der Waals surface area (Å²) >= 11 is 1.78. The van der Waals surface area contributed by atoms with E-state index < -0.39 is 0 Å². The van der Waals surface area contributed by atoms with E-state index in [9.17, 15) is 0 Å². The molecule has 0 amide bonds. The first kappa shape index (κ1) is 32.6. The molecule has 59 heavy (non-hydrogen) atoms. The van der Waals surface area contributed by atoms with Crippen molar-refractivity contribution in [3.63, 3.8) is 0 Å². The van der Waals surface area contributed by atoms with Crippen LogP contribution in [0.3, 0.4) is 0 Å². The first-order chi connectivity index (χ1) is 29.2. The lowest BCUT2D eigenvalue weighted by atomic mass is 9.86. The van der Waals surface area contributed by atoms with Crippen LogP contribution in [0.2, 0.25) is 0 Å². The molecule has 0 unspecified atom stereocenters. The van der Waals surface area contributed by atoms with Crippen molar-refractivity contribution in [2.75, 3.05) is 0 Å². The van der Waals surface area contributed by atoms with Crippen molar-refractivity contribution in [2.45, 2.75) is 0 Å². The van der Waals surface area contributed by atoms with Gasteiger partial charge in [0.1, 0.15) is 0 Å². The van der Waals surface area contributed by atoms with E-state index in [0.29, 0.717) is 0 Å². The van der Waals surface area contributed by atoms with Gasteiger partial charge in [0, 0.05) is 15.8 Å². The Hall–Kier alpha value is -7.46. The first-order valence-electron chi connectivity index (χ1n) is 20.1. The van der Waals surface area contributed by atoms with Crippen LogP contribution in [0.5, 0.6) is 0 Å². The van der Waals surface area contributed by atoms with E-state index in [-0.39, 0.29) is 0 Å². The molecule has 0 bridgehead atoms. The summed E-state index contributed by atoms with van der Waals surface area (Å²) in [4.78, 5) is 11.6. The van der Waals surface area contributed by atoms with Crippen molar-refractivity contribution in [3.8, 4) is 44.3 Å². The summed E-state index contributed by atoms with van der Waals surface area (Å²) in [6, 6.07) is 71.2. The smallest absolute Gasteiger partial charge is 0.160 e. The first-order valence-corrected chi connectivity index (χ1v) is 21.0. The second-order valence-corrected chi connectivity index (χ2v) is 16.7. The largest absolute Gasteiger partial charge is 0.228 e. The zero-order chi connectivity index (χ0) is 38.6. The van der Waals surface area contributed by atoms with E-state index in [1.165, 1.54) is 91.2 Å². The van der Waals surface area contributed by atoms with Gasteiger partial charge in [-0.3, -0.25) is 0 Å². The summed E-state index contributed by atoms with van der Waals surface area (Å²) in [5.74, 6) is 0.724. The monoisotopic (exact) mass is 764 g/mol. The molecule has 0 spiro atoms. The molecule has 13 rings (SSSR count). The Morgan fingerprint density at radius 3 is 1.53 bits per heavy atom. The summed E-state index contributed by atoms with van der Waals surface area (Å²) in [6.07, 6.45) is 0. The van der Waals surface area contributed by atoms with E-state index in [4.69, 9.17) is 9.97 Å². The molecule has 0 aliphatic heterocycles. The molecule has 2 aromatic heterocycles. The fourth-order valence-corrected chi connectivity index (χ4v) is 10.8. The molecule has 0 saturated heterocycles. The van der Waals surface area contributed by atoms with Gasteiger partial charge in [-0.2, -0.15) is 0 Å². The Labute approximate surface area is 343 Å². The summed E-state index contributed by atoms with van der Waals surface area (Å²) in [5.41, 5.74) is 6.33. The third-order valence-electron chi connectivity index (χ3n) is 12.4. The number of hydrogen-bond acceptors (Lipinski definition) is 3. The third-order valence-corrected chi connectivity index (χ3v) is 13.5. The molecular weight excluding hydrogens is 733 g/mol. The number of benzene rings is 10. The summed E-state index contributed by atoms with van der Waals surface area (Å²) in [7, 11) is 0. The van der Waals surface area contributed by atoms with Crippen molar-refractivity contribution >= 4 is 96.8 Å². The maximum absolute atomic E-state index is 5.28. The Balaban J connectivity index is 1.09. The summed E-state index contributed by atoms with van der Waals surface area (Å²) in [5, 5.41) is 19.0. The Bertz CT molecular complexity index is 3800. The molecule has 0 radical (unpaired) electrons. The molecule has 13 aromatic rings. The number of aromatic nitrogens is 2. The SMILES string of the molecule is c1ccc(-c2nc(-c3cc4ccccc4s3)cc(-c3ccc(-c4cc5ccc6cccc7c8cccc9ccc%10cccc(c(c4)c5c67)c%10c98)c4ccccc34)n2)cc1. The molecule has 2 nitrogen and oxygen atoms in total. The molecule has 0 aliphatic rings. The van der Waals surface area contributed by atoms with Crippen LogP contribution >= 0.6 is 11.3 Å². The topological polar surface area (TPSA) is 25.8 Å². The number of fused-ring (bicyclic) bond motifs is 4. The van der Waals surface area contributed by atoms with Crippen LogP contribution in [0.4, 0.5) is 0 Å². The van der Waals surface area contributed by atoms with Crippen molar-refractivity contribution in [3.05, 3.63) is 194 Å². The van der Waals surface area contributed by atoms with E-state index in [0.717, 1.165) is 38.6 Å². The van der Waals surface area contributed by atoms with Gasteiger partial charge < -0.3 is 0 Å². The highest BCUT2D eigenvalue weighted by atomic mass is 32.1. The highest BCUT2D eigenvalue weighted by Gasteiger charge is 2.19. The highest BCUT2D eigenvalue weighted by Crippen LogP contribution is 2.46. The minimum absolute atomic E-state index is 0.724. The van der Waals surface area contributed by atoms with Gasteiger partial charge >= 0.3 is 0 Å². The number of nitrogens with zero attached hydrogens (tertiary/aromatic N) is 2. The lowest BCUT2D eigenvalue weighted by Crippen LogP contribution is -1.96. The highest BCUT2D eigenvalue weighted by molar-refractivity contribution is 7.22. The molecule has 0 fully saturated rings. The van der Waals surface area contributed by atoms with Crippen LogP contribution in [0.1, 0.15) is 0 Å². The van der Waals surface area contributed by atoms with Gasteiger partial charge in [-0.15, -0.1) is 11.3 Å². The third kappa shape index (κ3) is 4.92. The predicted octanol–water partition coefficient (Wildman–Crippen LogP) is 15.9. The minimum atomic E-state index is 0.724. The number of thiophene rings is 1. The quantitative estimate of drug-likeness (QED) is 0.167. The number of hydrogen-bond donors (Lipinski definition) is 0. The molecule has 0 N–H and O–H groups in total. The van der Waals surface area contributed by atoms with Gasteiger partial charge in [-0.1, -0.05) is 164 Å². The van der Waals surface area contributed by atoms with Crippen LogP contribution in [-0.2, 0) is 0 Å². The van der Waals surface area contributed by atoms with Gasteiger partial charge in [-0.25, -0.2) is 9.97 Å². The molecule has 0 aliphatic carbocycles. The van der Waals surface area contributed by atoms with Gasteiger partial charge in [0.2, 0.25) is 0 Å². The van der Waals surface area contributed by atoms with Crippen LogP contribution < -0.4 is 0 Å². The second kappa shape index (κ2) is 12.5.